The van der Waals surface area contributed by atoms with Gasteiger partial charge in [-0.25, -0.2) is 0 Å². The Hall–Kier alpha value is -1.57. The average molecular weight is 251 g/mol. The Labute approximate surface area is 95.1 Å². The van der Waals surface area contributed by atoms with Crippen LogP contribution in [0, 0.1) is 5.92 Å². The van der Waals surface area contributed by atoms with E-state index < -0.39 is 24.4 Å². The molecule has 96 valence electrons. The summed E-state index contributed by atoms with van der Waals surface area (Å²) in [6, 6.07) is 1.34. The molecule has 0 spiro atoms. The number of nitrogens with one attached hydrogen (secondary N) is 1. The summed E-state index contributed by atoms with van der Waals surface area (Å²) in [5.41, 5.74) is 5.08. The lowest BCUT2D eigenvalue weighted by atomic mass is 10.0. The fourth-order valence-corrected chi connectivity index (χ4v) is 1.28. The normalized spacial score (nSPS) is 13.4. The Bertz CT molecular complexity index is 351. The molecule has 1 atom stereocenters. The van der Waals surface area contributed by atoms with Gasteiger partial charge in [0.2, 0.25) is 5.91 Å². The third-order valence-corrected chi connectivity index (χ3v) is 2.12. The maximum absolute atomic E-state index is 12.5. The van der Waals surface area contributed by atoms with Gasteiger partial charge in [0.1, 0.15) is 6.26 Å². The van der Waals surface area contributed by atoms with Gasteiger partial charge < -0.3 is 15.6 Å². The molecule has 1 heterocycles. The summed E-state index contributed by atoms with van der Waals surface area (Å²) >= 11 is 0. The number of carbonyl (C=O) groups is 1. The second kappa shape index (κ2) is 5.67. The molecule has 0 aliphatic carbocycles. The zero-order chi connectivity index (χ0) is 12.9. The molecule has 3 N–H and O–H groups in total. The molecule has 0 saturated carbocycles. The van der Waals surface area contributed by atoms with Crippen molar-refractivity contribution in [1.82, 2.24) is 5.16 Å². The molecule has 0 aliphatic rings. The quantitative estimate of drug-likeness (QED) is 0.831. The topological polar surface area (TPSA) is 81.2 Å². The van der Waals surface area contributed by atoms with E-state index in [0.29, 0.717) is 0 Å². The molecule has 17 heavy (non-hydrogen) atoms. The molecule has 1 unspecified atom stereocenters. The van der Waals surface area contributed by atoms with Crippen LogP contribution in [0.25, 0.3) is 0 Å². The smallest absolute Gasteiger partial charge is 0.363 e. The van der Waals surface area contributed by atoms with Crippen molar-refractivity contribution in [3.05, 3.63) is 12.3 Å². The number of rotatable bonds is 5. The van der Waals surface area contributed by atoms with Crippen LogP contribution in [-0.2, 0) is 4.79 Å². The molecule has 0 radical (unpaired) electrons. The predicted molar refractivity (Wildman–Crippen MR) is 53.0 cm³/mol. The molecular weight excluding hydrogens is 239 g/mol. The van der Waals surface area contributed by atoms with Gasteiger partial charge >= 0.3 is 6.18 Å². The van der Waals surface area contributed by atoms with Crippen molar-refractivity contribution in [2.75, 3.05) is 11.9 Å². The maximum Gasteiger partial charge on any atom is 0.392 e. The van der Waals surface area contributed by atoms with Crippen molar-refractivity contribution in [1.29, 1.82) is 0 Å². The number of aromatic nitrogens is 1. The first-order chi connectivity index (χ1) is 7.93. The minimum Gasteiger partial charge on any atom is -0.363 e. The molecule has 0 bridgehead atoms. The van der Waals surface area contributed by atoms with E-state index in [-0.39, 0.29) is 18.8 Å². The van der Waals surface area contributed by atoms with E-state index in [2.05, 4.69) is 15.0 Å². The van der Waals surface area contributed by atoms with Gasteiger partial charge in [-0.05, 0) is 13.0 Å². The van der Waals surface area contributed by atoms with E-state index in [1.165, 1.54) is 12.3 Å². The number of nitrogens with zero attached hydrogens (tertiary/aromatic N) is 1. The van der Waals surface area contributed by atoms with Crippen molar-refractivity contribution in [2.45, 2.75) is 19.0 Å². The molecule has 1 amide bonds. The van der Waals surface area contributed by atoms with Crippen LogP contribution >= 0.6 is 0 Å². The van der Waals surface area contributed by atoms with Gasteiger partial charge in [0.15, 0.2) is 5.82 Å². The highest BCUT2D eigenvalue weighted by Crippen LogP contribution is 2.31. The number of amides is 1. The monoisotopic (exact) mass is 251 g/mol. The molecule has 8 heteroatoms. The van der Waals surface area contributed by atoms with Crippen molar-refractivity contribution >= 4 is 11.7 Å². The minimum atomic E-state index is -4.43. The highest BCUT2D eigenvalue weighted by atomic mass is 19.4. The van der Waals surface area contributed by atoms with Gasteiger partial charge in [0, 0.05) is 12.5 Å². The van der Waals surface area contributed by atoms with E-state index in [4.69, 9.17) is 5.73 Å². The highest BCUT2D eigenvalue weighted by Gasteiger charge is 2.40. The fraction of sp³-hybridized carbons (Fsp3) is 0.556. The molecule has 5 nitrogen and oxygen atoms in total. The minimum absolute atomic E-state index is 0.0867. The number of hydrogen-bond donors (Lipinski definition) is 2. The van der Waals surface area contributed by atoms with E-state index in [9.17, 15) is 18.0 Å². The number of nitrogens with two attached hydrogens (primary N) is 1. The van der Waals surface area contributed by atoms with Gasteiger partial charge in [-0.2, -0.15) is 13.2 Å². The van der Waals surface area contributed by atoms with E-state index in [1.54, 1.807) is 0 Å². The molecule has 0 aromatic carbocycles. The van der Waals surface area contributed by atoms with Crippen LogP contribution in [0.15, 0.2) is 16.9 Å². The first kappa shape index (κ1) is 13.5. The summed E-state index contributed by atoms with van der Waals surface area (Å²) in [5, 5.41) is 5.56. The lowest BCUT2D eigenvalue weighted by molar-refractivity contribution is -0.179. The number of hydrogen-bond acceptors (Lipinski definition) is 4. The summed E-state index contributed by atoms with van der Waals surface area (Å²) < 4.78 is 41.9. The number of anilines is 1. The first-order valence-corrected chi connectivity index (χ1v) is 4.90. The summed E-state index contributed by atoms with van der Waals surface area (Å²) in [6.45, 7) is -0.124. The van der Waals surface area contributed by atoms with E-state index in [1.807, 2.05) is 0 Å². The Morgan fingerprint density at radius 1 is 1.59 bits per heavy atom. The molecule has 1 aromatic rings. The van der Waals surface area contributed by atoms with Crippen LogP contribution in [-0.4, -0.2) is 23.8 Å². The van der Waals surface area contributed by atoms with Crippen LogP contribution in [0.5, 0.6) is 0 Å². The molecular formula is C9H12F3N3O2. The maximum atomic E-state index is 12.5. The van der Waals surface area contributed by atoms with Crippen LogP contribution in [0.2, 0.25) is 0 Å². The third-order valence-electron chi connectivity index (χ3n) is 2.12. The van der Waals surface area contributed by atoms with E-state index >= 15 is 0 Å². The fourth-order valence-electron chi connectivity index (χ4n) is 1.28. The Kier molecular flexibility index (Phi) is 4.50. The summed E-state index contributed by atoms with van der Waals surface area (Å²) in [7, 11) is 0. The van der Waals surface area contributed by atoms with Gasteiger partial charge in [-0.3, -0.25) is 4.79 Å². The predicted octanol–water partition coefficient (Wildman–Crippen LogP) is 1.53. The molecule has 0 aliphatic heterocycles. The number of halogens is 3. The summed E-state index contributed by atoms with van der Waals surface area (Å²) in [6.07, 6.45) is -4.18. The van der Waals surface area contributed by atoms with Gasteiger partial charge in [0.25, 0.3) is 0 Å². The van der Waals surface area contributed by atoms with Gasteiger partial charge in [-0.15, -0.1) is 0 Å². The van der Waals surface area contributed by atoms with Crippen molar-refractivity contribution in [3.63, 3.8) is 0 Å². The highest BCUT2D eigenvalue weighted by molar-refractivity contribution is 5.89. The second-order valence-electron chi connectivity index (χ2n) is 3.45. The van der Waals surface area contributed by atoms with Gasteiger partial charge in [0.05, 0.1) is 5.92 Å². The Morgan fingerprint density at radius 3 is 2.76 bits per heavy atom. The SMILES string of the molecule is NCCC(CC(=O)Nc1ccon1)C(F)(F)F. The zero-order valence-corrected chi connectivity index (χ0v) is 8.83. The van der Waals surface area contributed by atoms with Crippen LogP contribution in [0.1, 0.15) is 12.8 Å². The van der Waals surface area contributed by atoms with Gasteiger partial charge in [-0.1, -0.05) is 5.16 Å². The van der Waals surface area contributed by atoms with Crippen molar-refractivity contribution < 1.29 is 22.5 Å². The third kappa shape index (κ3) is 4.43. The van der Waals surface area contributed by atoms with Crippen molar-refractivity contribution in [3.8, 4) is 0 Å². The Morgan fingerprint density at radius 2 is 2.29 bits per heavy atom. The van der Waals surface area contributed by atoms with E-state index in [0.717, 1.165) is 0 Å². The lowest BCUT2D eigenvalue weighted by Gasteiger charge is -2.18. The molecule has 0 saturated heterocycles. The van der Waals surface area contributed by atoms with Crippen LogP contribution in [0.3, 0.4) is 0 Å². The van der Waals surface area contributed by atoms with Crippen molar-refractivity contribution in [2.24, 2.45) is 11.7 Å². The number of carbonyl (C=O) groups excluding carboxylic acids is 1. The zero-order valence-electron chi connectivity index (χ0n) is 8.83. The Balaban J connectivity index is 2.52. The summed E-state index contributed by atoms with van der Waals surface area (Å²) in [4.78, 5) is 11.3. The standard InChI is InChI=1S/C9H12F3N3O2/c10-9(11,12)6(1-3-13)5-8(16)14-7-2-4-17-15-7/h2,4,6H,1,3,5,13H2,(H,14,15,16). The second-order valence-corrected chi connectivity index (χ2v) is 3.45. The summed E-state index contributed by atoms with van der Waals surface area (Å²) in [5.74, 6) is -2.42. The average Bonchev–Trinajstić information content (AvgIpc) is 2.68. The van der Waals surface area contributed by atoms with Crippen LogP contribution in [0.4, 0.5) is 19.0 Å². The number of alkyl halides is 3. The molecule has 1 rings (SSSR count). The largest absolute Gasteiger partial charge is 0.392 e. The molecule has 1 aromatic heterocycles. The lowest BCUT2D eigenvalue weighted by Crippen LogP contribution is -2.30. The van der Waals surface area contributed by atoms with Crippen LogP contribution < -0.4 is 11.1 Å². The molecule has 0 fully saturated rings. The first-order valence-electron chi connectivity index (χ1n) is 4.90.